The maximum Gasteiger partial charge on any atom is 0.175 e. The van der Waals surface area contributed by atoms with Gasteiger partial charge < -0.3 is 4.74 Å². The van der Waals surface area contributed by atoms with E-state index in [4.69, 9.17) is 4.74 Å². The lowest BCUT2D eigenvalue weighted by atomic mass is 9.78. The van der Waals surface area contributed by atoms with Gasteiger partial charge in [0.05, 0.1) is 12.0 Å². The van der Waals surface area contributed by atoms with Gasteiger partial charge >= 0.3 is 0 Å². The molecule has 1 aliphatic rings. The second-order valence-corrected chi connectivity index (χ2v) is 8.20. The van der Waals surface area contributed by atoms with E-state index in [0.717, 1.165) is 12.3 Å². The highest BCUT2D eigenvalue weighted by atomic mass is 19.2. The van der Waals surface area contributed by atoms with Crippen LogP contribution in [0.15, 0.2) is 18.2 Å². The van der Waals surface area contributed by atoms with Crippen LogP contribution >= 0.6 is 0 Å². The van der Waals surface area contributed by atoms with Gasteiger partial charge in [-0.25, -0.2) is 13.2 Å². The zero-order valence-corrected chi connectivity index (χ0v) is 17.0. The Labute approximate surface area is 166 Å². The Morgan fingerprint density at radius 3 is 2.18 bits per heavy atom. The predicted molar refractivity (Wildman–Crippen MR) is 108 cm³/mol. The first-order valence-corrected chi connectivity index (χ1v) is 10.8. The lowest BCUT2D eigenvalue weighted by Crippen LogP contribution is -2.15. The summed E-state index contributed by atoms with van der Waals surface area (Å²) >= 11 is 0. The van der Waals surface area contributed by atoms with Gasteiger partial charge in [0.1, 0.15) is 0 Å². The van der Waals surface area contributed by atoms with Crippen molar-refractivity contribution in [3.8, 4) is 5.75 Å². The summed E-state index contributed by atoms with van der Waals surface area (Å²) in [6.07, 6.45) is 9.46. The number of fused-ring (bicyclic) bond motifs is 1. The summed E-state index contributed by atoms with van der Waals surface area (Å²) in [5, 5.41) is 0.0804. The number of hydrogen-bond acceptors (Lipinski definition) is 1. The van der Waals surface area contributed by atoms with Gasteiger partial charge in [-0.05, 0) is 54.2 Å². The standard InChI is InChI=1S/C24H31F3O/c1-3-5-16-6-8-17(9-7-16)10-11-19-15-18-12-13-20(28-14-4-2)23(26)21(18)24(27)22(19)25/h12-13,15-17H,3-11,14H2,1-2H3. The van der Waals surface area contributed by atoms with Gasteiger partial charge in [0, 0.05) is 0 Å². The third kappa shape index (κ3) is 4.64. The first-order chi connectivity index (χ1) is 13.5. The zero-order chi connectivity index (χ0) is 20.1. The Morgan fingerprint density at radius 2 is 1.54 bits per heavy atom. The van der Waals surface area contributed by atoms with E-state index in [2.05, 4.69) is 6.92 Å². The highest BCUT2D eigenvalue weighted by Gasteiger charge is 2.23. The van der Waals surface area contributed by atoms with Crippen LogP contribution in [-0.2, 0) is 6.42 Å². The van der Waals surface area contributed by atoms with Crippen LogP contribution in [0.25, 0.3) is 10.8 Å². The number of halogens is 3. The SMILES string of the molecule is CCCOc1ccc2cc(CCC3CCC(CCC)CC3)c(F)c(F)c2c1F. The van der Waals surface area contributed by atoms with Crippen molar-refractivity contribution in [1.82, 2.24) is 0 Å². The molecular formula is C24H31F3O. The third-order valence-corrected chi connectivity index (χ3v) is 6.11. The lowest BCUT2D eigenvalue weighted by Gasteiger charge is -2.28. The molecule has 0 N–H and O–H groups in total. The minimum atomic E-state index is -1.10. The van der Waals surface area contributed by atoms with Crippen LogP contribution in [0.3, 0.4) is 0 Å². The molecule has 3 rings (SSSR count). The van der Waals surface area contributed by atoms with Crippen LogP contribution < -0.4 is 4.74 Å². The van der Waals surface area contributed by atoms with Crippen LogP contribution in [0.5, 0.6) is 5.75 Å². The molecule has 154 valence electrons. The Balaban J connectivity index is 1.73. The van der Waals surface area contributed by atoms with Crippen molar-refractivity contribution in [2.24, 2.45) is 11.8 Å². The number of aryl methyl sites for hydroxylation is 1. The molecule has 0 amide bonds. The first-order valence-electron chi connectivity index (χ1n) is 10.8. The van der Waals surface area contributed by atoms with E-state index in [-0.39, 0.29) is 11.1 Å². The number of ether oxygens (including phenoxy) is 1. The predicted octanol–water partition coefficient (Wildman–Crippen LogP) is 7.59. The molecule has 0 heterocycles. The van der Waals surface area contributed by atoms with Gasteiger partial charge in [0.25, 0.3) is 0 Å². The molecule has 0 aromatic heterocycles. The average molecular weight is 393 g/mol. The maximum absolute atomic E-state index is 14.7. The molecule has 2 aromatic rings. The molecule has 0 radical (unpaired) electrons. The van der Waals surface area contributed by atoms with Gasteiger partial charge in [0.2, 0.25) is 0 Å². The van der Waals surface area contributed by atoms with E-state index >= 15 is 0 Å². The van der Waals surface area contributed by atoms with E-state index < -0.39 is 17.5 Å². The summed E-state index contributed by atoms with van der Waals surface area (Å²) in [5.74, 6) is -1.44. The van der Waals surface area contributed by atoms with Crippen molar-refractivity contribution >= 4 is 10.8 Å². The molecule has 0 spiro atoms. The Hall–Kier alpha value is -1.71. The van der Waals surface area contributed by atoms with Crippen molar-refractivity contribution in [3.63, 3.8) is 0 Å². The summed E-state index contributed by atoms with van der Waals surface area (Å²) in [7, 11) is 0. The minimum absolute atomic E-state index is 0.0239. The summed E-state index contributed by atoms with van der Waals surface area (Å²) < 4.78 is 49.2. The highest BCUT2D eigenvalue weighted by molar-refractivity contribution is 5.86. The summed E-state index contributed by atoms with van der Waals surface area (Å²) in [6.45, 7) is 4.47. The quantitative estimate of drug-likeness (QED) is 0.450. The topological polar surface area (TPSA) is 9.23 Å². The molecule has 0 bridgehead atoms. The monoisotopic (exact) mass is 392 g/mol. The van der Waals surface area contributed by atoms with E-state index in [0.29, 0.717) is 36.3 Å². The fraction of sp³-hybridized carbons (Fsp3) is 0.583. The zero-order valence-electron chi connectivity index (χ0n) is 17.0. The third-order valence-electron chi connectivity index (χ3n) is 6.11. The molecule has 28 heavy (non-hydrogen) atoms. The molecule has 1 aliphatic carbocycles. The van der Waals surface area contributed by atoms with Gasteiger partial charge in [-0.2, -0.15) is 0 Å². The maximum atomic E-state index is 14.7. The van der Waals surface area contributed by atoms with Crippen molar-refractivity contribution in [3.05, 3.63) is 41.2 Å². The van der Waals surface area contributed by atoms with Gasteiger partial charge in [0.15, 0.2) is 23.2 Å². The second kappa shape index (κ2) is 9.67. The van der Waals surface area contributed by atoms with E-state index in [1.54, 1.807) is 12.1 Å². The summed E-state index contributed by atoms with van der Waals surface area (Å²) in [6, 6.07) is 4.72. The molecule has 0 unspecified atom stereocenters. The Bertz CT molecular complexity index is 794. The van der Waals surface area contributed by atoms with Crippen LogP contribution in [0.2, 0.25) is 0 Å². The molecule has 2 aromatic carbocycles. The van der Waals surface area contributed by atoms with Gasteiger partial charge in [-0.3, -0.25) is 0 Å². The first kappa shape index (κ1) is 21.0. The molecule has 0 aliphatic heterocycles. The largest absolute Gasteiger partial charge is 0.491 e. The van der Waals surface area contributed by atoms with Crippen LogP contribution in [-0.4, -0.2) is 6.61 Å². The van der Waals surface area contributed by atoms with Crippen molar-refractivity contribution in [2.75, 3.05) is 6.61 Å². The highest BCUT2D eigenvalue weighted by Crippen LogP contribution is 2.35. The molecule has 1 saturated carbocycles. The fourth-order valence-corrected chi connectivity index (χ4v) is 4.50. The number of benzene rings is 2. The second-order valence-electron chi connectivity index (χ2n) is 8.20. The molecule has 0 saturated heterocycles. The van der Waals surface area contributed by atoms with E-state index in [1.807, 2.05) is 6.92 Å². The van der Waals surface area contributed by atoms with Gasteiger partial charge in [-0.1, -0.05) is 58.4 Å². The smallest absolute Gasteiger partial charge is 0.175 e. The van der Waals surface area contributed by atoms with Crippen molar-refractivity contribution < 1.29 is 17.9 Å². The van der Waals surface area contributed by atoms with E-state index in [9.17, 15) is 13.2 Å². The van der Waals surface area contributed by atoms with Crippen LogP contribution in [0.4, 0.5) is 13.2 Å². The van der Waals surface area contributed by atoms with Gasteiger partial charge in [-0.15, -0.1) is 0 Å². The molecule has 4 heteroatoms. The van der Waals surface area contributed by atoms with Crippen molar-refractivity contribution in [1.29, 1.82) is 0 Å². The number of hydrogen-bond donors (Lipinski definition) is 0. The number of rotatable bonds is 8. The average Bonchev–Trinajstić information content (AvgIpc) is 2.70. The van der Waals surface area contributed by atoms with E-state index in [1.165, 1.54) is 44.6 Å². The molecule has 0 atom stereocenters. The van der Waals surface area contributed by atoms with Crippen LogP contribution in [0, 0.1) is 29.3 Å². The fourth-order valence-electron chi connectivity index (χ4n) is 4.50. The lowest BCUT2D eigenvalue weighted by molar-refractivity contribution is 0.251. The molecule has 1 nitrogen and oxygen atoms in total. The summed E-state index contributed by atoms with van der Waals surface area (Å²) in [5.41, 5.74) is 0.349. The van der Waals surface area contributed by atoms with Crippen molar-refractivity contribution in [2.45, 2.75) is 71.6 Å². The molecular weight excluding hydrogens is 361 g/mol. The van der Waals surface area contributed by atoms with Crippen LogP contribution in [0.1, 0.15) is 70.8 Å². The Morgan fingerprint density at radius 1 is 0.857 bits per heavy atom. The molecule has 1 fully saturated rings. The normalized spacial score (nSPS) is 19.9. The minimum Gasteiger partial charge on any atom is -0.491 e. The Kier molecular flexibility index (Phi) is 7.25. The summed E-state index contributed by atoms with van der Waals surface area (Å²) in [4.78, 5) is 0.